The van der Waals surface area contributed by atoms with Crippen molar-refractivity contribution in [2.45, 2.75) is 6.92 Å². The Morgan fingerprint density at radius 1 is 1.06 bits per heavy atom. The number of aromatic hydroxyl groups is 1. The molecule has 0 bridgehead atoms. The number of hydrazone groups is 1. The van der Waals surface area contributed by atoms with E-state index in [1.807, 2.05) is 25.1 Å². The van der Waals surface area contributed by atoms with Crippen molar-refractivity contribution in [3.05, 3.63) is 58.1 Å². The number of phenols is 1. The molecular weight excluding hydrogens is 462 g/mol. The topological polar surface area (TPSA) is 108 Å². The van der Waals surface area contributed by atoms with Crippen molar-refractivity contribution in [1.82, 2.24) is 15.0 Å². The highest BCUT2D eigenvalue weighted by atomic mass is 79.9. The Hall–Kier alpha value is -3.24. The van der Waals surface area contributed by atoms with E-state index in [2.05, 4.69) is 51.6 Å². The lowest BCUT2D eigenvalue weighted by atomic mass is 10.2. The van der Waals surface area contributed by atoms with Gasteiger partial charge in [-0.15, -0.1) is 0 Å². The van der Waals surface area contributed by atoms with Crippen LogP contribution in [0.5, 0.6) is 5.75 Å². The van der Waals surface area contributed by atoms with Gasteiger partial charge in [-0.25, -0.2) is 5.43 Å². The van der Waals surface area contributed by atoms with Crippen molar-refractivity contribution >= 4 is 45.7 Å². The van der Waals surface area contributed by atoms with Crippen molar-refractivity contribution in [3.63, 3.8) is 0 Å². The molecule has 0 aliphatic carbocycles. The summed E-state index contributed by atoms with van der Waals surface area (Å²) in [7, 11) is 0. The summed E-state index contributed by atoms with van der Waals surface area (Å²) in [6.07, 6.45) is 1.63. The number of aryl methyl sites for hydroxylation is 1. The van der Waals surface area contributed by atoms with E-state index in [0.29, 0.717) is 44.1 Å². The summed E-state index contributed by atoms with van der Waals surface area (Å²) in [5.41, 5.74) is 5.70. The first-order valence-electron chi connectivity index (χ1n) is 9.77. The second-order valence-electron chi connectivity index (χ2n) is 6.95. The number of anilines is 4. The first kappa shape index (κ1) is 21.0. The van der Waals surface area contributed by atoms with Gasteiger partial charge in [-0.3, -0.25) is 0 Å². The highest BCUT2D eigenvalue weighted by Crippen LogP contribution is 2.26. The number of nitrogens with zero attached hydrogens (tertiary/aromatic N) is 5. The van der Waals surface area contributed by atoms with Crippen molar-refractivity contribution < 1.29 is 9.84 Å². The highest BCUT2D eigenvalue weighted by molar-refractivity contribution is 9.10. The lowest BCUT2D eigenvalue weighted by Gasteiger charge is -2.27. The molecule has 1 fully saturated rings. The summed E-state index contributed by atoms with van der Waals surface area (Å²) in [5.74, 6) is 1.47. The first-order chi connectivity index (χ1) is 15.1. The fourth-order valence-electron chi connectivity index (χ4n) is 2.94. The molecule has 1 aromatic heterocycles. The molecule has 2 heterocycles. The molecule has 0 radical (unpaired) electrons. The first-order valence-corrected chi connectivity index (χ1v) is 10.6. The van der Waals surface area contributed by atoms with Gasteiger partial charge in [-0.05, 0) is 70.4 Å². The Balaban J connectivity index is 1.58. The maximum absolute atomic E-state index is 9.39. The van der Waals surface area contributed by atoms with Crippen LogP contribution in [0.4, 0.5) is 23.5 Å². The fourth-order valence-corrected chi connectivity index (χ4v) is 3.53. The summed E-state index contributed by atoms with van der Waals surface area (Å²) in [6.45, 7) is 4.68. The number of hydrogen-bond donors (Lipinski definition) is 3. The molecule has 9 nitrogen and oxygen atoms in total. The third kappa shape index (κ3) is 5.68. The van der Waals surface area contributed by atoms with Crippen LogP contribution in [-0.2, 0) is 4.74 Å². The van der Waals surface area contributed by atoms with Crippen LogP contribution in [-0.4, -0.2) is 52.6 Å². The Labute approximate surface area is 188 Å². The van der Waals surface area contributed by atoms with E-state index in [0.717, 1.165) is 21.3 Å². The molecule has 1 aliphatic heterocycles. The van der Waals surface area contributed by atoms with E-state index in [4.69, 9.17) is 4.74 Å². The summed E-state index contributed by atoms with van der Waals surface area (Å²) in [4.78, 5) is 15.6. The third-order valence-corrected chi connectivity index (χ3v) is 5.22. The van der Waals surface area contributed by atoms with Gasteiger partial charge in [0.25, 0.3) is 0 Å². The smallest absolute Gasteiger partial charge is 0.250 e. The van der Waals surface area contributed by atoms with Crippen LogP contribution in [0.1, 0.15) is 11.1 Å². The van der Waals surface area contributed by atoms with Gasteiger partial charge in [-0.2, -0.15) is 20.1 Å². The van der Waals surface area contributed by atoms with E-state index in [9.17, 15) is 5.11 Å². The molecule has 3 aromatic rings. The summed E-state index contributed by atoms with van der Waals surface area (Å²) in [5, 5.41) is 16.9. The SMILES string of the molecule is Cc1ccc(Nc2nc(N/N=C\c3ccc(O)cc3)nc(N3CCOCC3)n2)c(Br)c1. The third-order valence-electron chi connectivity index (χ3n) is 4.56. The van der Waals surface area contributed by atoms with Gasteiger partial charge in [0.15, 0.2) is 0 Å². The number of hydrogen-bond acceptors (Lipinski definition) is 9. The van der Waals surface area contributed by atoms with Gasteiger partial charge < -0.3 is 20.1 Å². The molecule has 160 valence electrons. The van der Waals surface area contributed by atoms with Crippen LogP contribution in [0.25, 0.3) is 0 Å². The lowest BCUT2D eigenvalue weighted by Crippen LogP contribution is -2.37. The van der Waals surface area contributed by atoms with Crippen LogP contribution in [0.3, 0.4) is 0 Å². The number of nitrogens with one attached hydrogen (secondary N) is 2. The summed E-state index contributed by atoms with van der Waals surface area (Å²) >= 11 is 3.57. The van der Waals surface area contributed by atoms with Gasteiger partial charge in [-0.1, -0.05) is 6.07 Å². The standard InChI is InChI=1S/C21H22BrN7O2/c1-14-2-7-18(17(22)12-14)24-19-25-20(27-21(26-19)29-8-10-31-11-9-29)28-23-13-15-3-5-16(30)6-4-15/h2-7,12-13,30H,8-11H2,1H3,(H2,24,25,26,27,28)/b23-13-. The zero-order valence-corrected chi connectivity index (χ0v) is 18.5. The predicted octanol–water partition coefficient (Wildman–Crippen LogP) is 3.67. The normalized spacial score (nSPS) is 14.1. The van der Waals surface area contributed by atoms with Gasteiger partial charge >= 0.3 is 0 Å². The van der Waals surface area contributed by atoms with Crippen LogP contribution in [0.2, 0.25) is 0 Å². The number of morpholine rings is 1. The monoisotopic (exact) mass is 483 g/mol. The maximum Gasteiger partial charge on any atom is 0.250 e. The van der Waals surface area contributed by atoms with Crippen LogP contribution in [0.15, 0.2) is 52.0 Å². The number of benzene rings is 2. The molecule has 2 aromatic carbocycles. The minimum atomic E-state index is 0.204. The molecule has 4 rings (SSSR count). The minimum absolute atomic E-state index is 0.204. The molecule has 31 heavy (non-hydrogen) atoms. The van der Waals surface area contributed by atoms with Gasteiger partial charge in [0.2, 0.25) is 17.8 Å². The second-order valence-corrected chi connectivity index (χ2v) is 7.81. The predicted molar refractivity (Wildman–Crippen MR) is 124 cm³/mol. The molecule has 0 unspecified atom stereocenters. The van der Waals surface area contributed by atoms with Crippen LogP contribution < -0.4 is 15.6 Å². The molecule has 0 spiro atoms. The largest absolute Gasteiger partial charge is 0.508 e. The zero-order valence-electron chi connectivity index (χ0n) is 16.9. The van der Waals surface area contributed by atoms with Crippen molar-refractivity contribution in [2.24, 2.45) is 5.10 Å². The number of rotatable bonds is 6. The molecule has 0 amide bonds. The van der Waals surface area contributed by atoms with E-state index < -0.39 is 0 Å². The number of phenolic OH excluding ortho intramolecular Hbond substituents is 1. The molecule has 3 N–H and O–H groups in total. The van der Waals surface area contributed by atoms with Crippen molar-refractivity contribution in [3.8, 4) is 5.75 Å². The maximum atomic E-state index is 9.39. The van der Waals surface area contributed by atoms with E-state index in [1.54, 1.807) is 30.5 Å². The molecule has 10 heteroatoms. The molecule has 1 saturated heterocycles. The van der Waals surface area contributed by atoms with E-state index >= 15 is 0 Å². The average Bonchev–Trinajstić information content (AvgIpc) is 2.78. The molecular formula is C21H22BrN7O2. The Morgan fingerprint density at radius 3 is 2.55 bits per heavy atom. The van der Waals surface area contributed by atoms with E-state index in [1.165, 1.54) is 0 Å². The number of ether oxygens (including phenoxy) is 1. The quantitative estimate of drug-likeness (QED) is 0.360. The van der Waals surface area contributed by atoms with Gasteiger partial charge in [0, 0.05) is 17.6 Å². The fraction of sp³-hybridized carbons (Fsp3) is 0.238. The van der Waals surface area contributed by atoms with Crippen LogP contribution >= 0.6 is 15.9 Å². The van der Waals surface area contributed by atoms with E-state index in [-0.39, 0.29) is 5.75 Å². The second kappa shape index (κ2) is 9.71. The summed E-state index contributed by atoms with van der Waals surface area (Å²) in [6, 6.07) is 12.7. The molecule has 1 aliphatic rings. The minimum Gasteiger partial charge on any atom is -0.508 e. The van der Waals surface area contributed by atoms with Gasteiger partial charge in [0.1, 0.15) is 5.75 Å². The lowest BCUT2D eigenvalue weighted by molar-refractivity contribution is 0.122. The summed E-state index contributed by atoms with van der Waals surface area (Å²) < 4.78 is 6.35. The van der Waals surface area contributed by atoms with Crippen molar-refractivity contribution in [2.75, 3.05) is 41.9 Å². The Kier molecular flexibility index (Phi) is 6.58. The molecule has 0 saturated carbocycles. The molecule has 0 atom stereocenters. The van der Waals surface area contributed by atoms with Crippen LogP contribution in [0, 0.1) is 6.92 Å². The zero-order chi connectivity index (χ0) is 21.6. The Morgan fingerprint density at radius 2 is 1.81 bits per heavy atom. The highest BCUT2D eigenvalue weighted by Gasteiger charge is 2.17. The van der Waals surface area contributed by atoms with Gasteiger partial charge in [0.05, 0.1) is 25.1 Å². The number of halogens is 1. The number of aromatic nitrogens is 3. The Bertz CT molecular complexity index is 1070. The van der Waals surface area contributed by atoms with Crippen molar-refractivity contribution in [1.29, 1.82) is 0 Å². The average molecular weight is 484 g/mol.